The van der Waals surface area contributed by atoms with Crippen molar-refractivity contribution in [3.8, 4) is 0 Å². The Morgan fingerprint density at radius 2 is 1.93 bits per heavy atom. The minimum atomic E-state index is -0.183. The molecule has 4 aliphatic rings. The van der Waals surface area contributed by atoms with Crippen molar-refractivity contribution >= 4 is 5.78 Å². The van der Waals surface area contributed by atoms with Gasteiger partial charge >= 0.3 is 0 Å². The van der Waals surface area contributed by atoms with Gasteiger partial charge < -0.3 is 5.11 Å². The molecule has 29 heavy (non-hydrogen) atoms. The SMILES string of the molecule is CC(C)C(=O)CC[C@@H](C)[C@H]1[C@@H](O)C[C@H]2[C@@H]3CC=C4CCCC[C@]4(C)[C@H]3CC[C@]12C. The first-order chi connectivity index (χ1) is 13.7. The lowest BCUT2D eigenvalue weighted by atomic mass is 9.47. The van der Waals surface area contributed by atoms with Crippen molar-refractivity contribution in [3.05, 3.63) is 11.6 Å². The van der Waals surface area contributed by atoms with Crippen molar-refractivity contribution in [2.75, 3.05) is 0 Å². The molecule has 0 aromatic rings. The molecule has 0 aliphatic heterocycles. The van der Waals surface area contributed by atoms with Gasteiger partial charge in [0.05, 0.1) is 6.10 Å². The molecule has 8 atom stereocenters. The minimum absolute atomic E-state index is 0.133. The van der Waals surface area contributed by atoms with E-state index >= 15 is 0 Å². The maximum Gasteiger partial charge on any atom is 0.135 e. The summed E-state index contributed by atoms with van der Waals surface area (Å²) < 4.78 is 0. The molecule has 3 saturated carbocycles. The number of rotatable bonds is 5. The van der Waals surface area contributed by atoms with Gasteiger partial charge in [-0.05, 0) is 91.8 Å². The van der Waals surface area contributed by atoms with Crippen LogP contribution in [0.2, 0.25) is 0 Å². The Morgan fingerprint density at radius 1 is 1.17 bits per heavy atom. The van der Waals surface area contributed by atoms with E-state index in [4.69, 9.17) is 0 Å². The van der Waals surface area contributed by atoms with Crippen LogP contribution in [0.5, 0.6) is 0 Å². The second-order valence-electron chi connectivity index (χ2n) is 12.0. The third-order valence-corrected chi connectivity index (χ3v) is 10.2. The molecule has 0 heterocycles. The number of ketones is 1. The zero-order valence-electron chi connectivity index (χ0n) is 19.5. The summed E-state index contributed by atoms with van der Waals surface area (Å²) in [7, 11) is 0. The van der Waals surface area contributed by atoms with Crippen molar-refractivity contribution in [1.82, 2.24) is 0 Å². The summed E-state index contributed by atoms with van der Waals surface area (Å²) in [4.78, 5) is 12.2. The highest BCUT2D eigenvalue weighted by Crippen LogP contribution is 2.67. The molecule has 0 radical (unpaired) electrons. The highest BCUT2D eigenvalue weighted by atomic mass is 16.3. The van der Waals surface area contributed by atoms with Crippen LogP contribution in [0.1, 0.15) is 98.8 Å². The van der Waals surface area contributed by atoms with Crippen molar-refractivity contribution in [2.45, 2.75) is 105 Å². The molecule has 4 aliphatic carbocycles. The lowest BCUT2D eigenvalue weighted by Gasteiger charge is -2.58. The lowest BCUT2D eigenvalue weighted by molar-refractivity contribution is -0.122. The number of allylic oxidation sites excluding steroid dienone is 2. The molecule has 3 fully saturated rings. The van der Waals surface area contributed by atoms with E-state index < -0.39 is 0 Å². The highest BCUT2D eigenvalue weighted by Gasteiger charge is 2.61. The summed E-state index contributed by atoms with van der Waals surface area (Å²) in [6, 6.07) is 0. The fourth-order valence-corrected chi connectivity index (χ4v) is 8.62. The lowest BCUT2D eigenvalue weighted by Crippen LogP contribution is -2.50. The summed E-state index contributed by atoms with van der Waals surface area (Å²) in [5, 5.41) is 11.2. The van der Waals surface area contributed by atoms with Crippen LogP contribution >= 0.6 is 0 Å². The number of carbonyl (C=O) groups is 1. The first kappa shape index (κ1) is 21.6. The second kappa shape index (κ2) is 7.81. The van der Waals surface area contributed by atoms with Gasteiger partial charge in [-0.3, -0.25) is 4.79 Å². The summed E-state index contributed by atoms with van der Waals surface area (Å²) in [6.07, 6.45) is 14.4. The predicted octanol–water partition coefficient (Wildman–Crippen LogP) is 6.57. The first-order valence-corrected chi connectivity index (χ1v) is 12.6. The molecular formula is C27H44O2. The van der Waals surface area contributed by atoms with Crippen LogP contribution in [0.3, 0.4) is 0 Å². The maximum atomic E-state index is 12.2. The Hall–Kier alpha value is -0.630. The number of Topliss-reactive ketones (excluding diaryl/α,β-unsaturated/α-hetero) is 1. The molecule has 0 aromatic carbocycles. The number of carbonyl (C=O) groups excluding carboxylic acids is 1. The third kappa shape index (κ3) is 3.46. The zero-order chi connectivity index (χ0) is 21.0. The Labute approximate surface area is 178 Å². The van der Waals surface area contributed by atoms with E-state index in [2.05, 4.69) is 26.8 Å². The van der Waals surface area contributed by atoms with Gasteiger partial charge in [0, 0.05) is 12.3 Å². The molecule has 2 nitrogen and oxygen atoms in total. The molecular weight excluding hydrogens is 356 g/mol. The Balaban J connectivity index is 1.53. The summed E-state index contributed by atoms with van der Waals surface area (Å²) >= 11 is 0. The van der Waals surface area contributed by atoms with Gasteiger partial charge in [-0.2, -0.15) is 0 Å². The molecule has 0 spiro atoms. The second-order valence-corrected chi connectivity index (χ2v) is 12.0. The van der Waals surface area contributed by atoms with Gasteiger partial charge in [-0.15, -0.1) is 0 Å². The maximum absolute atomic E-state index is 12.2. The summed E-state index contributed by atoms with van der Waals surface area (Å²) in [5.41, 5.74) is 2.45. The molecule has 0 aromatic heterocycles. The summed E-state index contributed by atoms with van der Waals surface area (Å²) in [5.74, 6) is 3.53. The number of fused-ring (bicyclic) bond motifs is 5. The zero-order valence-corrected chi connectivity index (χ0v) is 19.5. The van der Waals surface area contributed by atoms with E-state index in [0.29, 0.717) is 35.4 Å². The van der Waals surface area contributed by atoms with Gasteiger partial charge in [0.25, 0.3) is 0 Å². The van der Waals surface area contributed by atoms with Crippen LogP contribution in [-0.2, 0) is 4.79 Å². The number of aliphatic hydroxyl groups is 1. The number of hydrogen-bond acceptors (Lipinski definition) is 2. The average Bonchev–Trinajstić information content (AvgIpc) is 2.95. The standard InChI is InChI=1S/C27H44O2/c1-17(2)23(28)12-9-18(3)25-24(29)16-22-20-11-10-19-8-6-7-14-26(19,4)21(20)13-15-27(22,25)5/h10,17-18,20-22,24-25,29H,6-9,11-16H2,1-5H3/t18-,20-,21+,22+,24+,25+,26+,27+/m1/s1. The fraction of sp³-hybridized carbons (Fsp3) is 0.889. The molecule has 0 amide bonds. The normalized spacial score (nSPS) is 45.2. The summed E-state index contributed by atoms with van der Waals surface area (Å²) in [6.45, 7) is 11.4. The van der Waals surface area contributed by atoms with Gasteiger partial charge in [-0.1, -0.05) is 52.7 Å². The Bertz CT molecular complexity index is 663. The van der Waals surface area contributed by atoms with Crippen molar-refractivity contribution in [2.24, 2.45) is 46.3 Å². The quantitative estimate of drug-likeness (QED) is 0.530. The third-order valence-electron chi connectivity index (χ3n) is 10.2. The van der Waals surface area contributed by atoms with Crippen LogP contribution < -0.4 is 0 Å². The van der Waals surface area contributed by atoms with E-state index in [9.17, 15) is 9.90 Å². The van der Waals surface area contributed by atoms with Crippen LogP contribution in [-0.4, -0.2) is 17.0 Å². The molecule has 164 valence electrons. The van der Waals surface area contributed by atoms with E-state index in [-0.39, 0.29) is 17.4 Å². The average molecular weight is 401 g/mol. The van der Waals surface area contributed by atoms with Crippen molar-refractivity contribution in [3.63, 3.8) is 0 Å². The van der Waals surface area contributed by atoms with Crippen LogP contribution in [0, 0.1) is 46.3 Å². The van der Waals surface area contributed by atoms with E-state index in [1.54, 1.807) is 5.57 Å². The van der Waals surface area contributed by atoms with Crippen molar-refractivity contribution < 1.29 is 9.90 Å². The Morgan fingerprint density at radius 3 is 2.66 bits per heavy atom. The Kier molecular flexibility index (Phi) is 5.82. The minimum Gasteiger partial charge on any atom is -0.393 e. The fourth-order valence-electron chi connectivity index (χ4n) is 8.62. The molecule has 1 N–H and O–H groups in total. The van der Waals surface area contributed by atoms with Gasteiger partial charge in [0.2, 0.25) is 0 Å². The van der Waals surface area contributed by atoms with Gasteiger partial charge in [0.1, 0.15) is 5.78 Å². The predicted molar refractivity (Wildman–Crippen MR) is 119 cm³/mol. The highest BCUT2D eigenvalue weighted by molar-refractivity contribution is 5.80. The largest absolute Gasteiger partial charge is 0.393 e. The molecule has 0 bridgehead atoms. The number of hydrogen-bond donors (Lipinski definition) is 1. The van der Waals surface area contributed by atoms with Gasteiger partial charge in [0.15, 0.2) is 0 Å². The van der Waals surface area contributed by atoms with Crippen LogP contribution in [0.4, 0.5) is 0 Å². The molecule has 0 saturated heterocycles. The van der Waals surface area contributed by atoms with Crippen LogP contribution in [0.25, 0.3) is 0 Å². The topological polar surface area (TPSA) is 37.3 Å². The van der Waals surface area contributed by atoms with E-state index in [0.717, 1.165) is 24.7 Å². The van der Waals surface area contributed by atoms with Crippen LogP contribution in [0.15, 0.2) is 11.6 Å². The number of aliphatic hydroxyl groups excluding tert-OH is 1. The van der Waals surface area contributed by atoms with E-state index in [1.165, 1.54) is 44.9 Å². The molecule has 0 unspecified atom stereocenters. The molecule has 2 heteroatoms. The smallest absolute Gasteiger partial charge is 0.135 e. The monoisotopic (exact) mass is 400 g/mol. The van der Waals surface area contributed by atoms with E-state index in [1.807, 2.05) is 13.8 Å². The van der Waals surface area contributed by atoms with Crippen molar-refractivity contribution in [1.29, 1.82) is 0 Å². The first-order valence-electron chi connectivity index (χ1n) is 12.6. The van der Waals surface area contributed by atoms with Gasteiger partial charge in [-0.25, -0.2) is 0 Å². The molecule has 4 rings (SSSR count).